The molecule has 1 aliphatic rings. The maximum atomic E-state index is 5.22. The van der Waals surface area contributed by atoms with Crippen LogP contribution in [0.5, 0.6) is 5.75 Å². The average Bonchev–Trinajstić information content (AvgIpc) is 2.66. The van der Waals surface area contributed by atoms with Crippen LogP contribution in [-0.2, 0) is 6.42 Å². The van der Waals surface area contributed by atoms with E-state index in [2.05, 4.69) is 36.4 Å². The largest absolute Gasteiger partial charge is 0.497 e. The van der Waals surface area contributed by atoms with Gasteiger partial charge in [-0.05, 0) is 46.9 Å². The molecule has 0 aliphatic heterocycles. The van der Waals surface area contributed by atoms with Crippen LogP contribution in [0.3, 0.4) is 0 Å². The Hall–Kier alpha value is -1.76. The van der Waals surface area contributed by atoms with Crippen LogP contribution in [0.4, 0.5) is 0 Å². The number of benzene rings is 2. The zero-order valence-corrected chi connectivity index (χ0v) is 8.58. The standard InChI is InChI=1S/C14H11O/c1-15-12-7-6-11-8-10-4-2-3-5-13(10)14(11)9-12/h2-5,7,9H,8H2,1H3. The molecule has 0 bridgehead atoms. The molecule has 1 radical (unpaired) electrons. The van der Waals surface area contributed by atoms with Gasteiger partial charge >= 0.3 is 0 Å². The third kappa shape index (κ3) is 1.23. The van der Waals surface area contributed by atoms with E-state index < -0.39 is 0 Å². The van der Waals surface area contributed by atoms with Crippen molar-refractivity contribution in [1.82, 2.24) is 0 Å². The van der Waals surface area contributed by atoms with Gasteiger partial charge in [0.25, 0.3) is 0 Å². The van der Waals surface area contributed by atoms with Crippen molar-refractivity contribution in [3.05, 3.63) is 53.6 Å². The molecule has 1 heteroatoms. The predicted octanol–water partition coefficient (Wildman–Crippen LogP) is 3.07. The van der Waals surface area contributed by atoms with Gasteiger partial charge in [-0.15, -0.1) is 0 Å². The van der Waals surface area contributed by atoms with Crippen LogP contribution in [0.2, 0.25) is 0 Å². The van der Waals surface area contributed by atoms with Crippen molar-refractivity contribution in [2.75, 3.05) is 7.11 Å². The van der Waals surface area contributed by atoms with Gasteiger partial charge < -0.3 is 4.74 Å². The van der Waals surface area contributed by atoms with Gasteiger partial charge in [-0.1, -0.05) is 24.3 Å². The lowest BCUT2D eigenvalue weighted by Gasteiger charge is -2.03. The lowest BCUT2D eigenvalue weighted by molar-refractivity contribution is 0.415. The summed E-state index contributed by atoms with van der Waals surface area (Å²) in [6.45, 7) is 0. The number of ether oxygens (including phenoxy) is 1. The van der Waals surface area contributed by atoms with Gasteiger partial charge in [-0.2, -0.15) is 0 Å². The van der Waals surface area contributed by atoms with Crippen LogP contribution in [-0.4, -0.2) is 7.11 Å². The fourth-order valence-electron chi connectivity index (χ4n) is 2.14. The van der Waals surface area contributed by atoms with Gasteiger partial charge in [0.05, 0.1) is 7.11 Å². The van der Waals surface area contributed by atoms with E-state index in [1.54, 1.807) is 7.11 Å². The average molecular weight is 195 g/mol. The van der Waals surface area contributed by atoms with Crippen molar-refractivity contribution in [1.29, 1.82) is 0 Å². The van der Waals surface area contributed by atoms with Crippen molar-refractivity contribution in [3.8, 4) is 16.9 Å². The normalized spacial score (nSPS) is 12.1. The van der Waals surface area contributed by atoms with Crippen molar-refractivity contribution in [2.24, 2.45) is 0 Å². The highest BCUT2D eigenvalue weighted by molar-refractivity contribution is 5.77. The molecule has 0 atom stereocenters. The third-order valence-corrected chi connectivity index (χ3v) is 2.91. The van der Waals surface area contributed by atoms with Gasteiger partial charge in [-0.3, -0.25) is 0 Å². The van der Waals surface area contributed by atoms with Crippen LogP contribution in [0.25, 0.3) is 11.1 Å². The Bertz CT molecular complexity index is 514. The van der Waals surface area contributed by atoms with Crippen molar-refractivity contribution < 1.29 is 4.74 Å². The molecule has 0 fully saturated rings. The lowest BCUT2D eigenvalue weighted by Crippen LogP contribution is -1.85. The van der Waals surface area contributed by atoms with Crippen molar-refractivity contribution in [3.63, 3.8) is 0 Å². The fourth-order valence-corrected chi connectivity index (χ4v) is 2.14. The summed E-state index contributed by atoms with van der Waals surface area (Å²) in [6, 6.07) is 15.8. The molecule has 3 rings (SSSR count). The maximum absolute atomic E-state index is 5.22. The molecule has 2 aromatic rings. The number of fused-ring (bicyclic) bond motifs is 3. The first-order valence-electron chi connectivity index (χ1n) is 5.05. The molecule has 0 aromatic heterocycles. The minimum atomic E-state index is 0.880. The molecular weight excluding hydrogens is 184 g/mol. The van der Waals surface area contributed by atoms with Crippen LogP contribution < -0.4 is 4.74 Å². The highest BCUT2D eigenvalue weighted by Crippen LogP contribution is 2.37. The molecule has 0 spiro atoms. The van der Waals surface area contributed by atoms with Crippen LogP contribution in [0, 0.1) is 6.07 Å². The topological polar surface area (TPSA) is 9.23 Å². The summed E-state index contributed by atoms with van der Waals surface area (Å²) in [5.74, 6) is 0.880. The molecule has 73 valence electrons. The van der Waals surface area contributed by atoms with Crippen molar-refractivity contribution >= 4 is 0 Å². The minimum absolute atomic E-state index is 0.880. The number of rotatable bonds is 1. The first-order chi connectivity index (χ1) is 7.38. The van der Waals surface area contributed by atoms with Gasteiger partial charge in [0.1, 0.15) is 5.75 Å². The Kier molecular flexibility index (Phi) is 1.78. The zero-order chi connectivity index (χ0) is 10.3. The molecule has 1 aliphatic carbocycles. The van der Waals surface area contributed by atoms with E-state index in [0.717, 1.165) is 12.2 Å². The number of hydrogen-bond acceptors (Lipinski definition) is 1. The second-order valence-electron chi connectivity index (χ2n) is 3.77. The van der Waals surface area contributed by atoms with Crippen LogP contribution >= 0.6 is 0 Å². The highest BCUT2D eigenvalue weighted by atomic mass is 16.5. The number of methoxy groups -OCH3 is 1. The number of hydrogen-bond donors (Lipinski definition) is 0. The second-order valence-corrected chi connectivity index (χ2v) is 3.77. The first-order valence-corrected chi connectivity index (χ1v) is 5.05. The summed E-state index contributed by atoms with van der Waals surface area (Å²) in [7, 11) is 1.69. The summed E-state index contributed by atoms with van der Waals surface area (Å²) in [5, 5.41) is 0. The second kappa shape index (κ2) is 3.13. The molecule has 0 saturated heterocycles. The summed E-state index contributed by atoms with van der Waals surface area (Å²) in [5.41, 5.74) is 5.25. The van der Waals surface area contributed by atoms with Gasteiger partial charge in [0, 0.05) is 0 Å². The SMILES string of the molecule is COc1c[c]c2c(c1)-c1ccccc1C2. The zero-order valence-electron chi connectivity index (χ0n) is 8.58. The molecular formula is C14H11O. The fraction of sp³-hybridized carbons (Fsp3) is 0.143. The summed E-state index contributed by atoms with van der Waals surface area (Å²) < 4.78 is 5.22. The summed E-state index contributed by atoms with van der Waals surface area (Å²) in [4.78, 5) is 0. The molecule has 0 saturated carbocycles. The van der Waals surface area contributed by atoms with E-state index in [4.69, 9.17) is 4.74 Å². The molecule has 2 aromatic carbocycles. The maximum Gasteiger partial charge on any atom is 0.120 e. The van der Waals surface area contributed by atoms with Crippen LogP contribution in [0.15, 0.2) is 36.4 Å². The summed E-state index contributed by atoms with van der Waals surface area (Å²) in [6.07, 6.45) is 0.996. The quantitative estimate of drug-likeness (QED) is 0.580. The Morgan fingerprint density at radius 2 is 2.07 bits per heavy atom. The Labute approximate surface area is 89.3 Å². The molecule has 15 heavy (non-hydrogen) atoms. The van der Waals surface area contributed by atoms with E-state index in [1.165, 1.54) is 22.3 Å². The van der Waals surface area contributed by atoms with E-state index in [-0.39, 0.29) is 0 Å². The first kappa shape index (κ1) is 8.54. The summed E-state index contributed by atoms with van der Waals surface area (Å²) >= 11 is 0. The smallest absolute Gasteiger partial charge is 0.120 e. The predicted molar refractivity (Wildman–Crippen MR) is 60.1 cm³/mol. The highest BCUT2D eigenvalue weighted by Gasteiger charge is 2.17. The molecule has 0 amide bonds. The van der Waals surface area contributed by atoms with Gasteiger partial charge in [0.2, 0.25) is 0 Å². The Morgan fingerprint density at radius 1 is 1.20 bits per heavy atom. The minimum Gasteiger partial charge on any atom is -0.497 e. The molecule has 0 N–H and O–H groups in total. The van der Waals surface area contributed by atoms with E-state index in [9.17, 15) is 0 Å². The van der Waals surface area contributed by atoms with Gasteiger partial charge in [0.15, 0.2) is 0 Å². The third-order valence-electron chi connectivity index (χ3n) is 2.91. The van der Waals surface area contributed by atoms with Gasteiger partial charge in [-0.25, -0.2) is 0 Å². The lowest BCUT2D eigenvalue weighted by atomic mass is 10.1. The molecule has 0 heterocycles. The Morgan fingerprint density at radius 3 is 2.93 bits per heavy atom. The van der Waals surface area contributed by atoms with E-state index >= 15 is 0 Å². The van der Waals surface area contributed by atoms with Crippen molar-refractivity contribution in [2.45, 2.75) is 6.42 Å². The van der Waals surface area contributed by atoms with E-state index in [0.29, 0.717) is 0 Å². The Balaban J connectivity index is 2.22. The molecule has 0 unspecified atom stereocenters. The van der Waals surface area contributed by atoms with E-state index in [1.807, 2.05) is 6.07 Å². The monoisotopic (exact) mass is 195 g/mol. The van der Waals surface area contributed by atoms with Crippen LogP contribution in [0.1, 0.15) is 11.1 Å². The molecule has 1 nitrogen and oxygen atoms in total.